The fraction of sp³-hybridized carbons (Fsp3) is 0.400. The van der Waals surface area contributed by atoms with Crippen LogP contribution in [0.5, 0.6) is 0 Å². The first-order valence-corrected chi connectivity index (χ1v) is 4.62. The van der Waals surface area contributed by atoms with Crippen LogP contribution >= 0.6 is 11.6 Å². The minimum absolute atomic E-state index is 0.520. The second-order valence-corrected chi connectivity index (χ2v) is 3.40. The molecule has 0 aliphatic rings. The highest BCUT2D eigenvalue weighted by molar-refractivity contribution is 6.30. The lowest BCUT2D eigenvalue weighted by atomic mass is 10.2. The van der Waals surface area contributed by atoms with E-state index in [4.69, 9.17) is 11.6 Å². The number of anilines is 1. The van der Waals surface area contributed by atoms with Crippen molar-refractivity contribution in [2.24, 2.45) is 0 Å². The Balaban J connectivity index is 2.58. The van der Waals surface area contributed by atoms with Gasteiger partial charge in [-0.2, -0.15) is 0 Å². The molecule has 1 aromatic rings. The third-order valence-corrected chi connectivity index (χ3v) is 2.12. The molecule has 0 bridgehead atoms. The molecule has 0 radical (unpaired) electrons. The van der Waals surface area contributed by atoms with Crippen LogP contribution in [0.25, 0.3) is 0 Å². The molecule has 1 rings (SSSR count). The average Bonchev–Trinajstić information content (AvgIpc) is 2.09. The van der Waals surface area contributed by atoms with E-state index in [0.717, 1.165) is 17.1 Å². The van der Waals surface area contributed by atoms with Crippen molar-refractivity contribution in [3.63, 3.8) is 0 Å². The summed E-state index contributed by atoms with van der Waals surface area (Å²) in [6.07, 6.45) is 1.13. The summed E-state index contributed by atoms with van der Waals surface area (Å²) in [6.45, 7) is 4.32. The maximum absolute atomic E-state index is 5.75. The SMILES string of the molecule is CCC(C)Nc1ccc(Cl)cc1. The van der Waals surface area contributed by atoms with Gasteiger partial charge in [0.25, 0.3) is 0 Å². The minimum atomic E-state index is 0.520. The Morgan fingerprint density at radius 2 is 1.92 bits per heavy atom. The lowest BCUT2D eigenvalue weighted by Crippen LogP contribution is -2.12. The quantitative estimate of drug-likeness (QED) is 0.756. The van der Waals surface area contributed by atoms with Gasteiger partial charge in [0.15, 0.2) is 0 Å². The summed E-state index contributed by atoms with van der Waals surface area (Å²) < 4.78 is 0. The molecule has 0 saturated heterocycles. The van der Waals surface area contributed by atoms with Crippen molar-refractivity contribution in [2.75, 3.05) is 5.32 Å². The number of benzene rings is 1. The van der Waals surface area contributed by atoms with Gasteiger partial charge in [-0.15, -0.1) is 0 Å². The van der Waals surface area contributed by atoms with Gasteiger partial charge in [-0.05, 0) is 37.6 Å². The first kappa shape index (κ1) is 9.40. The third kappa shape index (κ3) is 2.74. The number of hydrogen-bond acceptors (Lipinski definition) is 1. The lowest BCUT2D eigenvalue weighted by molar-refractivity contribution is 0.764. The Morgan fingerprint density at radius 1 is 1.33 bits per heavy atom. The van der Waals surface area contributed by atoms with Crippen LogP contribution in [0.1, 0.15) is 20.3 Å². The van der Waals surface area contributed by atoms with Crippen LogP contribution in [0, 0.1) is 0 Å². The fourth-order valence-electron chi connectivity index (χ4n) is 0.933. The first-order chi connectivity index (χ1) is 5.72. The van der Waals surface area contributed by atoms with Crippen LogP contribution in [-0.2, 0) is 0 Å². The highest BCUT2D eigenvalue weighted by Gasteiger charge is 1.97. The summed E-state index contributed by atoms with van der Waals surface area (Å²) in [5, 5.41) is 4.14. The summed E-state index contributed by atoms with van der Waals surface area (Å²) >= 11 is 5.75. The largest absolute Gasteiger partial charge is 0.383 e. The van der Waals surface area contributed by atoms with Crippen molar-refractivity contribution in [3.05, 3.63) is 29.3 Å². The first-order valence-electron chi connectivity index (χ1n) is 4.24. The van der Waals surface area contributed by atoms with Crippen LogP contribution in [0.4, 0.5) is 5.69 Å². The normalized spacial score (nSPS) is 12.6. The Morgan fingerprint density at radius 3 is 2.42 bits per heavy atom. The molecule has 0 fully saturated rings. The molecule has 1 atom stereocenters. The Labute approximate surface area is 78.7 Å². The van der Waals surface area contributed by atoms with Crippen molar-refractivity contribution in [1.82, 2.24) is 0 Å². The van der Waals surface area contributed by atoms with Gasteiger partial charge in [0.1, 0.15) is 0 Å². The van der Waals surface area contributed by atoms with E-state index in [1.165, 1.54) is 0 Å². The van der Waals surface area contributed by atoms with E-state index in [0.29, 0.717) is 6.04 Å². The summed E-state index contributed by atoms with van der Waals surface area (Å²) in [7, 11) is 0. The molecule has 1 aromatic carbocycles. The summed E-state index contributed by atoms with van der Waals surface area (Å²) in [6, 6.07) is 8.30. The second kappa shape index (κ2) is 4.36. The predicted octanol–water partition coefficient (Wildman–Crippen LogP) is 3.55. The Kier molecular flexibility index (Phi) is 3.42. The molecule has 0 spiro atoms. The number of hydrogen-bond donors (Lipinski definition) is 1. The van der Waals surface area contributed by atoms with Crippen LogP contribution in [0.15, 0.2) is 24.3 Å². The van der Waals surface area contributed by atoms with Crippen molar-refractivity contribution in [2.45, 2.75) is 26.3 Å². The van der Waals surface area contributed by atoms with E-state index in [1.807, 2.05) is 24.3 Å². The summed E-state index contributed by atoms with van der Waals surface area (Å²) in [4.78, 5) is 0. The van der Waals surface area contributed by atoms with Gasteiger partial charge in [-0.1, -0.05) is 18.5 Å². The molecule has 1 nitrogen and oxygen atoms in total. The van der Waals surface area contributed by atoms with Crippen LogP contribution < -0.4 is 5.32 Å². The number of nitrogens with one attached hydrogen (secondary N) is 1. The van der Waals surface area contributed by atoms with Crippen molar-refractivity contribution in [3.8, 4) is 0 Å². The monoisotopic (exact) mass is 183 g/mol. The van der Waals surface area contributed by atoms with E-state index < -0.39 is 0 Å². The number of rotatable bonds is 3. The molecule has 0 aliphatic carbocycles. The molecule has 0 amide bonds. The fourth-order valence-corrected chi connectivity index (χ4v) is 1.06. The average molecular weight is 184 g/mol. The second-order valence-electron chi connectivity index (χ2n) is 2.96. The zero-order valence-electron chi connectivity index (χ0n) is 7.47. The molecule has 2 heteroatoms. The van der Waals surface area contributed by atoms with Crippen LogP contribution in [0.2, 0.25) is 5.02 Å². The summed E-state index contributed by atoms with van der Waals surface area (Å²) in [5.74, 6) is 0. The molecule has 0 heterocycles. The summed E-state index contributed by atoms with van der Waals surface area (Å²) in [5.41, 5.74) is 1.13. The van der Waals surface area contributed by atoms with E-state index >= 15 is 0 Å². The highest BCUT2D eigenvalue weighted by atomic mass is 35.5. The van der Waals surface area contributed by atoms with Gasteiger partial charge in [-0.25, -0.2) is 0 Å². The molecule has 1 N–H and O–H groups in total. The molecule has 0 aromatic heterocycles. The van der Waals surface area contributed by atoms with E-state index in [1.54, 1.807) is 0 Å². The molecule has 1 unspecified atom stereocenters. The zero-order chi connectivity index (χ0) is 8.97. The van der Waals surface area contributed by atoms with Crippen molar-refractivity contribution in [1.29, 1.82) is 0 Å². The standard InChI is InChI=1S/C10H14ClN/c1-3-8(2)12-10-6-4-9(11)5-7-10/h4-8,12H,3H2,1-2H3. The van der Waals surface area contributed by atoms with Crippen molar-refractivity contribution >= 4 is 17.3 Å². The molecular formula is C10H14ClN. The zero-order valence-corrected chi connectivity index (χ0v) is 8.23. The van der Waals surface area contributed by atoms with Gasteiger partial charge in [0, 0.05) is 16.8 Å². The number of halogens is 1. The smallest absolute Gasteiger partial charge is 0.0407 e. The molecular weight excluding hydrogens is 170 g/mol. The Bertz CT molecular complexity index is 230. The van der Waals surface area contributed by atoms with Crippen LogP contribution in [0.3, 0.4) is 0 Å². The van der Waals surface area contributed by atoms with Gasteiger partial charge in [0.05, 0.1) is 0 Å². The molecule has 0 aliphatic heterocycles. The van der Waals surface area contributed by atoms with Crippen molar-refractivity contribution < 1.29 is 0 Å². The lowest BCUT2D eigenvalue weighted by Gasteiger charge is -2.12. The minimum Gasteiger partial charge on any atom is -0.383 e. The molecule has 0 saturated carbocycles. The highest BCUT2D eigenvalue weighted by Crippen LogP contribution is 2.14. The topological polar surface area (TPSA) is 12.0 Å². The third-order valence-electron chi connectivity index (χ3n) is 1.87. The van der Waals surface area contributed by atoms with Gasteiger partial charge >= 0.3 is 0 Å². The van der Waals surface area contributed by atoms with Crippen LogP contribution in [-0.4, -0.2) is 6.04 Å². The van der Waals surface area contributed by atoms with E-state index in [-0.39, 0.29) is 0 Å². The maximum Gasteiger partial charge on any atom is 0.0407 e. The molecule has 12 heavy (non-hydrogen) atoms. The Hall–Kier alpha value is -0.690. The molecule has 66 valence electrons. The van der Waals surface area contributed by atoms with Gasteiger partial charge in [-0.3, -0.25) is 0 Å². The van der Waals surface area contributed by atoms with Gasteiger partial charge < -0.3 is 5.32 Å². The van der Waals surface area contributed by atoms with Gasteiger partial charge in [0.2, 0.25) is 0 Å². The predicted molar refractivity (Wildman–Crippen MR) is 54.8 cm³/mol. The van der Waals surface area contributed by atoms with E-state index in [2.05, 4.69) is 19.2 Å². The maximum atomic E-state index is 5.75. The van der Waals surface area contributed by atoms with E-state index in [9.17, 15) is 0 Å².